The zero-order valence-corrected chi connectivity index (χ0v) is 12.4. The maximum atomic E-state index is 8.45. The van der Waals surface area contributed by atoms with Crippen molar-refractivity contribution in [3.05, 3.63) is 0 Å². The van der Waals surface area contributed by atoms with Crippen molar-refractivity contribution in [1.82, 2.24) is 10.2 Å². The van der Waals surface area contributed by atoms with Gasteiger partial charge in [-0.15, -0.1) is 0 Å². The first-order valence-corrected chi connectivity index (χ1v) is 9.00. The molecule has 3 heterocycles. The van der Waals surface area contributed by atoms with Crippen molar-refractivity contribution < 1.29 is 13.3 Å². The molecular weight excluding hydrogens is 262 g/mol. The summed E-state index contributed by atoms with van der Waals surface area (Å²) in [6.07, 6.45) is 1.53. The molecule has 108 valence electrons. The molecule has 1 N–H and O–H groups in total. The van der Waals surface area contributed by atoms with Gasteiger partial charge in [0.1, 0.15) is 0 Å². The Balaban J connectivity index is 1.73. The summed E-state index contributed by atoms with van der Waals surface area (Å²) in [7, 11) is -2.43. The molecule has 3 aliphatic heterocycles. The molecule has 0 aromatic carbocycles. The molecule has 6 nitrogen and oxygen atoms in total. The summed E-state index contributed by atoms with van der Waals surface area (Å²) in [4.78, 5) is 2.32. The maximum Gasteiger partial charge on any atom is 0.501 e. The fourth-order valence-electron chi connectivity index (χ4n) is 2.37. The van der Waals surface area contributed by atoms with Crippen LogP contribution < -0.4 is 5.32 Å². The third-order valence-electron chi connectivity index (χ3n) is 3.44. The van der Waals surface area contributed by atoms with Crippen LogP contribution in [0.5, 0.6) is 0 Å². The van der Waals surface area contributed by atoms with Crippen molar-refractivity contribution in [3.8, 4) is 6.07 Å². The molecule has 19 heavy (non-hydrogen) atoms. The fraction of sp³-hybridized carbons (Fsp3) is 0.917. The summed E-state index contributed by atoms with van der Waals surface area (Å²) >= 11 is 0. The fourth-order valence-corrected chi connectivity index (χ4v) is 4.87. The molecule has 0 saturated carbocycles. The molecule has 0 radical (unpaired) electrons. The molecule has 0 aromatic rings. The normalized spacial score (nSPS) is 31.2. The zero-order chi connectivity index (χ0) is 13.4. The Morgan fingerprint density at radius 3 is 2.26 bits per heavy atom. The molecule has 3 fully saturated rings. The highest BCUT2D eigenvalue weighted by Crippen LogP contribution is 2.21. The average molecular weight is 285 g/mol. The van der Waals surface area contributed by atoms with Crippen LogP contribution >= 0.6 is 0 Å². The van der Waals surface area contributed by atoms with Crippen LogP contribution in [0.15, 0.2) is 0 Å². The number of hydrogen-bond acceptors (Lipinski definition) is 6. The number of nitriles is 1. The molecule has 0 amide bonds. The Kier molecular flexibility index (Phi) is 6.23. The minimum Gasteiger partial charge on any atom is -0.372 e. The third-order valence-corrected chi connectivity index (χ3v) is 6.34. The maximum absolute atomic E-state index is 8.45. The van der Waals surface area contributed by atoms with E-state index >= 15 is 0 Å². The van der Waals surface area contributed by atoms with Crippen molar-refractivity contribution in [3.63, 3.8) is 0 Å². The van der Waals surface area contributed by atoms with Crippen molar-refractivity contribution in [2.24, 2.45) is 0 Å². The molecular formula is C12H23N3O3Si. The van der Waals surface area contributed by atoms with Gasteiger partial charge in [0.15, 0.2) is 0 Å². The molecule has 2 bridgehead atoms. The number of nitrogens with zero attached hydrogens (tertiary/aromatic N) is 2. The predicted octanol–water partition coefficient (Wildman–Crippen LogP) is 0.198. The predicted molar refractivity (Wildman–Crippen MR) is 72.6 cm³/mol. The summed E-state index contributed by atoms with van der Waals surface area (Å²) in [5.41, 5.74) is 0. The summed E-state index contributed by atoms with van der Waals surface area (Å²) in [5, 5.41) is 11.7. The summed E-state index contributed by atoms with van der Waals surface area (Å²) < 4.78 is 17.8. The van der Waals surface area contributed by atoms with Crippen LogP contribution in [0.1, 0.15) is 12.8 Å². The van der Waals surface area contributed by atoms with E-state index in [1.54, 1.807) is 0 Å². The van der Waals surface area contributed by atoms with Crippen molar-refractivity contribution in [2.75, 3.05) is 52.5 Å². The molecule has 0 spiro atoms. The average Bonchev–Trinajstić information content (AvgIpc) is 2.34. The van der Waals surface area contributed by atoms with Crippen molar-refractivity contribution in [1.29, 1.82) is 5.26 Å². The number of hydrogen-bond donors (Lipinski definition) is 1. The van der Waals surface area contributed by atoms with E-state index in [0.29, 0.717) is 26.2 Å². The van der Waals surface area contributed by atoms with E-state index in [9.17, 15) is 0 Å². The minimum atomic E-state index is -2.43. The Morgan fingerprint density at radius 2 is 1.68 bits per heavy atom. The quantitative estimate of drug-likeness (QED) is 0.555. The van der Waals surface area contributed by atoms with Crippen LogP contribution in [0.4, 0.5) is 0 Å². The first-order chi connectivity index (χ1) is 9.35. The first-order valence-electron chi connectivity index (χ1n) is 7.06. The monoisotopic (exact) mass is 285 g/mol. The standard InChI is InChI=1S/C12H23N3O3Si/c13-3-1-4-14-5-2-12-19-16-9-6-15(7-10-17-19)8-11-18-19/h14H,1-2,4-12H2. The van der Waals surface area contributed by atoms with E-state index in [1.165, 1.54) is 0 Å². The summed E-state index contributed by atoms with van der Waals surface area (Å²) in [6, 6.07) is 2.99. The second-order valence-corrected chi connectivity index (χ2v) is 7.56. The molecule has 0 aliphatic carbocycles. The molecule has 7 heteroatoms. The van der Waals surface area contributed by atoms with Crippen LogP contribution in [-0.4, -0.2) is 66.2 Å². The second-order valence-electron chi connectivity index (χ2n) is 4.83. The van der Waals surface area contributed by atoms with E-state index in [4.69, 9.17) is 18.5 Å². The van der Waals surface area contributed by atoms with Gasteiger partial charge in [0.2, 0.25) is 0 Å². The largest absolute Gasteiger partial charge is 0.501 e. The Labute approximate surface area is 116 Å². The van der Waals surface area contributed by atoms with E-state index in [0.717, 1.165) is 45.2 Å². The Bertz CT molecular complexity index is 285. The van der Waals surface area contributed by atoms with Gasteiger partial charge in [-0.3, -0.25) is 4.90 Å². The third kappa shape index (κ3) is 4.84. The molecule has 3 rings (SSSR count). The second kappa shape index (κ2) is 7.94. The van der Waals surface area contributed by atoms with Gasteiger partial charge in [0, 0.05) is 38.6 Å². The van der Waals surface area contributed by atoms with E-state index < -0.39 is 8.80 Å². The van der Waals surface area contributed by atoms with Gasteiger partial charge in [0.05, 0.1) is 25.9 Å². The molecule has 0 aromatic heterocycles. The SMILES string of the molecule is N#CCCNCCC[Si]12OCCN(CCO1)CCO2. The van der Waals surface area contributed by atoms with E-state index in [1.807, 2.05) is 0 Å². The highest BCUT2D eigenvalue weighted by atomic mass is 28.4. The molecule has 0 atom stereocenters. The van der Waals surface area contributed by atoms with E-state index in [-0.39, 0.29) is 0 Å². The van der Waals surface area contributed by atoms with Gasteiger partial charge in [-0.1, -0.05) is 0 Å². The number of fused-ring (bicyclic) bond motifs is 6. The molecule has 0 unspecified atom stereocenters. The number of nitrogens with one attached hydrogen (secondary N) is 1. The lowest BCUT2D eigenvalue weighted by Crippen LogP contribution is -2.55. The van der Waals surface area contributed by atoms with Crippen LogP contribution in [0.25, 0.3) is 0 Å². The van der Waals surface area contributed by atoms with Crippen molar-refractivity contribution in [2.45, 2.75) is 18.9 Å². The van der Waals surface area contributed by atoms with Crippen LogP contribution in [0.3, 0.4) is 0 Å². The summed E-state index contributed by atoms with van der Waals surface area (Å²) in [5.74, 6) is 0. The van der Waals surface area contributed by atoms with Gasteiger partial charge in [-0.2, -0.15) is 5.26 Å². The first kappa shape index (κ1) is 14.9. The highest BCUT2D eigenvalue weighted by molar-refractivity contribution is 6.60. The lowest BCUT2D eigenvalue weighted by atomic mass is 10.4. The topological polar surface area (TPSA) is 66.8 Å². The minimum absolute atomic E-state index is 0.557. The Hall–Kier alpha value is -0.493. The number of rotatable bonds is 6. The van der Waals surface area contributed by atoms with Gasteiger partial charge < -0.3 is 18.6 Å². The molecule has 3 saturated heterocycles. The lowest BCUT2D eigenvalue weighted by Gasteiger charge is -2.38. The van der Waals surface area contributed by atoms with Gasteiger partial charge in [0.25, 0.3) is 0 Å². The van der Waals surface area contributed by atoms with Crippen LogP contribution in [0, 0.1) is 11.3 Å². The van der Waals surface area contributed by atoms with Crippen molar-refractivity contribution >= 4 is 8.80 Å². The van der Waals surface area contributed by atoms with Crippen LogP contribution in [0.2, 0.25) is 6.04 Å². The lowest BCUT2D eigenvalue weighted by molar-refractivity contribution is -0.00849. The zero-order valence-electron chi connectivity index (χ0n) is 11.4. The smallest absolute Gasteiger partial charge is 0.372 e. The Morgan fingerprint density at radius 1 is 1.05 bits per heavy atom. The van der Waals surface area contributed by atoms with E-state index in [2.05, 4.69) is 16.3 Å². The van der Waals surface area contributed by atoms with Gasteiger partial charge in [-0.05, 0) is 13.0 Å². The highest BCUT2D eigenvalue weighted by Gasteiger charge is 2.43. The van der Waals surface area contributed by atoms with Gasteiger partial charge in [-0.25, -0.2) is 0 Å². The molecule has 3 aliphatic rings. The van der Waals surface area contributed by atoms with Gasteiger partial charge >= 0.3 is 8.80 Å². The summed E-state index contributed by atoms with van der Waals surface area (Å²) in [6.45, 7) is 6.75. The van der Waals surface area contributed by atoms with Crippen LogP contribution in [-0.2, 0) is 13.3 Å².